The summed E-state index contributed by atoms with van der Waals surface area (Å²) in [6, 6.07) is 19.7. The SMILES string of the molecule is CCc1ccc(NC(=O)C(=O)NC[C@H](c2ccco2)[NH+]2CCc3ccccc3C2)cc1. The van der Waals surface area contributed by atoms with E-state index in [4.69, 9.17) is 4.42 Å². The predicted molar refractivity (Wildman–Crippen MR) is 119 cm³/mol. The van der Waals surface area contributed by atoms with Crippen molar-refractivity contribution in [1.82, 2.24) is 5.32 Å². The molecule has 31 heavy (non-hydrogen) atoms. The first kappa shape index (κ1) is 20.9. The Kier molecular flexibility index (Phi) is 6.48. The fourth-order valence-electron chi connectivity index (χ4n) is 4.12. The number of anilines is 1. The number of amides is 2. The smallest absolute Gasteiger partial charge is 0.313 e. The molecule has 2 amide bonds. The highest BCUT2D eigenvalue weighted by Gasteiger charge is 2.31. The van der Waals surface area contributed by atoms with E-state index in [1.165, 1.54) is 21.6 Å². The van der Waals surface area contributed by atoms with E-state index >= 15 is 0 Å². The molecule has 3 N–H and O–H groups in total. The van der Waals surface area contributed by atoms with Crippen molar-refractivity contribution in [2.75, 3.05) is 18.4 Å². The van der Waals surface area contributed by atoms with Crippen LogP contribution in [0.25, 0.3) is 0 Å². The van der Waals surface area contributed by atoms with Crippen LogP contribution in [0.1, 0.15) is 35.4 Å². The second-order valence-electron chi connectivity index (χ2n) is 7.89. The number of hydrogen-bond acceptors (Lipinski definition) is 3. The van der Waals surface area contributed by atoms with Gasteiger partial charge in [0, 0.05) is 17.7 Å². The maximum atomic E-state index is 12.5. The fourth-order valence-corrected chi connectivity index (χ4v) is 4.12. The van der Waals surface area contributed by atoms with Crippen molar-refractivity contribution in [2.45, 2.75) is 32.4 Å². The molecule has 0 aliphatic carbocycles. The van der Waals surface area contributed by atoms with Gasteiger partial charge in [-0.3, -0.25) is 9.59 Å². The summed E-state index contributed by atoms with van der Waals surface area (Å²) in [6.45, 7) is 4.19. The van der Waals surface area contributed by atoms with Gasteiger partial charge in [0.2, 0.25) is 0 Å². The molecule has 4 rings (SSSR count). The van der Waals surface area contributed by atoms with Crippen molar-refractivity contribution in [3.05, 3.63) is 89.4 Å². The van der Waals surface area contributed by atoms with E-state index in [1.807, 2.05) is 36.4 Å². The summed E-state index contributed by atoms with van der Waals surface area (Å²) < 4.78 is 5.67. The summed E-state index contributed by atoms with van der Waals surface area (Å²) in [5.41, 5.74) is 4.48. The average Bonchev–Trinajstić information content (AvgIpc) is 3.34. The standard InChI is InChI=1S/C25H27N3O3/c1-2-18-9-11-21(12-10-18)27-25(30)24(29)26-16-22(23-8-5-15-31-23)28-14-13-19-6-3-4-7-20(19)17-28/h3-12,15,22H,2,13-14,16-17H2,1H3,(H,26,29)(H,27,30)/p+1/t22-/m1/s1. The van der Waals surface area contributed by atoms with E-state index < -0.39 is 11.8 Å². The van der Waals surface area contributed by atoms with Crippen LogP contribution in [-0.4, -0.2) is 24.9 Å². The molecule has 0 saturated heterocycles. The molecule has 2 heterocycles. The number of rotatable bonds is 6. The van der Waals surface area contributed by atoms with Crippen LogP contribution in [0.2, 0.25) is 0 Å². The van der Waals surface area contributed by atoms with Gasteiger partial charge < -0.3 is 20.0 Å². The Morgan fingerprint density at radius 1 is 1.00 bits per heavy atom. The number of nitrogens with one attached hydrogen (secondary N) is 3. The molecule has 0 bridgehead atoms. The zero-order chi connectivity index (χ0) is 21.6. The van der Waals surface area contributed by atoms with Crippen LogP contribution in [0.5, 0.6) is 0 Å². The second-order valence-corrected chi connectivity index (χ2v) is 7.89. The predicted octanol–water partition coefficient (Wildman–Crippen LogP) is 2.28. The number of carbonyl (C=O) groups is 2. The van der Waals surface area contributed by atoms with Gasteiger partial charge in [0.25, 0.3) is 0 Å². The minimum Gasteiger partial charge on any atom is -0.463 e. The Morgan fingerprint density at radius 2 is 1.77 bits per heavy atom. The number of benzene rings is 2. The molecule has 160 valence electrons. The van der Waals surface area contributed by atoms with Gasteiger partial charge in [-0.15, -0.1) is 0 Å². The molecule has 1 aliphatic heterocycles. The van der Waals surface area contributed by atoms with E-state index in [-0.39, 0.29) is 6.04 Å². The maximum Gasteiger partial charge on any atom is 0.313 e. The molecule has 3 aromatic rings. The van der Waals surface area contributed by atoms with Gasteiger partial charge in [-0.1, -0.05) is 43.3 Å². The third-order valence-electron chi connectivity index (χ3n) is 5.92. The number of furan rings is 1. The zero-order valence-electron chi connectivity index (χ0n) is 17.7. The summed E-state index contributed by atoms with van der Waals surface area (Å²) in [5, 5.41) is 5.47. The summed E-state index contributed by atoms with van der Waals surface area (Å²) in [6.07, 6.45) is 3.55. The normalized spacial score (nSPS) is 16.2. The van der Waals surface area contributed by atoms with Gasteiger partial charge >= 0.3 is 11.8 Å². The van der Waals surface area contributed by atoms with Gasteiger partial charge in [-0.25, -0.2) is 0 Å². The van der Waals surface area contributed by atoms with Crippen LogP contribution < -0.4 is 15.5 Å². The summed E-state index contributed by atoms with van der Waals surface area (Å²) >= 11 is 0. The van der Waals surface area contributed by atoms with Gasteiger partial charge in [-0.2, -0.15) is 0 Å². The Bertz CT molecular complexity index is 1030. The minimum atomic E-state index is -0.665. The number of quaternary nitrogens is 1. The largest absolute Gasteiger partial charge is 0.463 e. The second kappa shape index (κ2) is 9.62. The van der Waals surface area contributed by atoms with Crippen LogP contribution in [0.3, 0.4) is 0 Å². The van der Waals surface area contributed by atoms with Crippen LogP contribution in [0.4, 0.5) is 5.69 Å². The quantitative estimate of drug-likeness (QED) is 0.538. The minimum absolute atomic E-state index is 0.0658. The Balaban J connectivity index is 1.39. The molecular formula is C25H28N3O3+. The van der Waals surface area contributed by atoms with Crippen molar-refractivity contribution in [3.8, 4) is 0 Å². The molecule has 0 saturated carbocycles. The molecule has 6 heteroatoms. The monoisotopic (exact) mass is 418 g/mol. The van der Waals surface area contributed by atoms with Crippen molar-refractivity contribution < 1.29 is 18.9 Å². The van der Waals surface area contributed by atoms with Crippen LogP contribution in [0.15, 0.2) is 71.3 Å². The first-order chi connectivity index (χ1) is 15.1. The average molecular weight is 419 g/mol. The lowest BCUT2D eigenvalue weighted by molar-refractivity contribution is -0.946. The lowest BCUT2D eigenvalue weighted by atomic mass is 9.98. The zero-order valence-corrected chi connectivity index (χ0v) is 17.7. The van der Waals surface area contributed by atoms with Crippen molar-refractivity contribution >= 4 is 17.5 Å². The molecule has 1 aliphatic rings. The summed E-state index contributed by atoms with van der Waals surface area (Å²) in [5.74, 6) is -0.500. The number of carbonyl (C=O) groups excluding carboxylic acids is 2. The lowest BCUT2D eigenvalue weighted by Crippen LogP contribution is -3.12. The van der Waals surface area contributed by atoms with E-state index in [9.17, 15) is 9.59 Å². The molecule has 1 unspecified atom stereocenters. The number of aryl methyl sites for hydroxylation is 1. The molecule has 2 atom stereocenters. The highest BCUT2D eigenvalue weighted by molar-refractivity contribution is 6.39. The molecule has 0 radical (unpaired) electrons. The summed E-state index contributed by atoms with van der Waals surface area (Å²) in [7, 11) is 0. The molecule has 0 fully saturated rings. The van der Waals surface area contributed by atoms with Crippen LogP contribution in [-0.2, 0) is 29.0 Å². The van der Waals surface area contributed by atoms with E-state index in [0.29, 0.717) is 12.2 Å². The van der Waals surface area contributed by atoms with E-state index in [1.54, 1.807) is 6.26 Å². The highest BCUT2D eigenvalue weighted by atomic mass is 16.3. The lowest BCUT2D eigenvalue weighted by Gasteiger charge is -2.31. The number of fused-ring (bicyclic) bond motifs is 1. The Morgan fingerprint density at radius 3 is 2.48 bits per heavy atom. The topological polar surface area (TPSA) is 75.8 Å². The third-order valence-corrected chi connectivity index (χ3v) is 5.92. The first-order valence-corrected chi connectivity index (χ1v) is 10.8. The molecule has 6 nitrogen and oxygen atoms in total. The van der Waals surface area contributed by atoms with Crippen molar-refractivity contribution in [1.29, 1.82) is 0 Å². The maximum absolute atomic E-state index is 12.5. The van der Waals surface area contributed by atoms with Gasteiger partial charge in [0.1, 0.15) is 6.54 Å². The van der Waals surface area contributed by atoms with E-state index in [0.717, 1.165) is 31.7 Å². The molecule has 1 aromatic heterocycles. The van der Waals surface area contributed by atoms with Crippen molar-refractivity contribution in [2.24, 2.45) is 0 Å². The number of hydrogen-bond donors (Lipinski definition) is 3. The molecule has 0 spiro atoms. The van der Waals surface area contributed by atoms with Gasteiger partial charge in [0.05, 0.1) is 19.4 Å². The Labute approximate surface area is 182 Å². The molecule has 2 aromatic carbocycles. The Hall–Kier alpha value is -3.38. The first-order valence-electron chi connectivity index (χ1n) is 10.8. The molecular weight excluding hydrogens is 390 g/mol. The fraction of sp³-hybridized carbons (Fsp3) is 0.280. The van der Waals surface area contributed by atoms with Gasteiger partial charge in [-0.05, 0) is 41.8 Å². The van der Waals surface area contributed by atoms with E-state index in [2.05, 4.69) is 41.8 Å². The van der Waals surface area contributed by atoms with Crippen molar-refractivity contribution in [3.63, 3.8) is 0 Å². The highest BCUT2D eigenvalue weighted by Crippen LogP contribution is 2.16. The van der Waals surface area contributed by atoms with Crippen LogP contribution >= 0.6 is 0 Å². The summed E-state index contributed by atoms with van der Waals surface area (Å²) in [4.78, 5) is 26.1. The van der Waals surface area contributed by atoms with Gasteiger partial charge in [0.15, 0.2) is 11.8 Å². The third kappa shape index (κ3) is 5.03. The van der Waals surface area contributed by atoms with Crippen LogP contribution in [0, 0.1) is 0 Å².